The Balaban J connectivity index is 0.00000341. The molecule has 0 amide bonds. The molecule has 7 nitrogen and oxygen atoms in total. The molecule has 2 heterocycles. The van der Waals surface area contributed by atoms with Gasteiger partial charge in [-0.15, -0.1) is 24.0 Å². The zero-order valence-electron chi connectivity index (χ0n) is 18.1. The van der Waals surface area contributed by atoms with Gasteiger partial charge in [-0.1, -0.05) is 0 Å². The fourth-order valence-electron chi connectivity index (χ4n) is 3.56. The van der Waals surface area contributed by atoms with Crippen LogP contribution in [-0.2, 0) is 16.0 Å². The first-order valence-electron chi connectivity index (χ1n) is 10.6. The fourth-order valence-corrected chi connectivity index (χ4v) is 3.56. The molecule has 0 bridgehead atoms. The lowest BCUT2D eigenvalue weighted by atomic mass is 9.98. The average molecular weight is 543 g/mol. The molecule has 1 aromatic heterocycles. The van der Waals surface area contributed by atoms with Crippen LogP contribution in [0.15, 0.2) is 41.5 Å². The first-order chi connectivity index (χ1) is 14.6. The van der Waals surface area contributed by atoms with Crippen LogP contribution in [0.4, 0.5) is 4.39 Å². The lowest BCUT2D eigenvalue weighted by Crippen LogP contribution is -2.48. The van der Waals surface area contributed by atoms with E-state index in [-0.39, 0.29) is 41.7 Å². The van der Waals surface area contributed by atoms with Gasteiger partial charge < -0.3 is 15.0 Å². The molecule has 1 unspecified atom stereocenters. The highest BCUT2D eigenvalue weighted by Crippen LogP contribution is 2.18. The van der Waals surface area contributed by atoms with Crippen LogP contribution in [0.3, 0.4) is 0 Å². The molecular formula is C22H31FIN5O2. The summed E-state index contributed by atoms with van der Waals surface area (Å²) in [5.41, 5.74) is 1.74. The summed E-state index contributed by atoms with van der Waals surface area (Å²) < 4.78 is 20.0. The van der Waals surface area contributed by atoms with Crippen molar-refractivity contribution in [1.29, 1.82) is 0 Å². The van der Waals surface area contributed by atoms with Crippen LogP contribution in [-0.4, -0.2) is 59.4 Å². The van der Waals surface area contributed by atoms with E-state index < -0.39 is 0 Å². The number of guanidine groups is 1. The van der Waals surface area contributed by atoms with Gasteiger partial charge in [0.1, 0.15) is 5.82 Å². The number of benzene rings is 1. The summed E-state index contributed by atoms with van der Waals surface area (Å²) in [7, 11) is 0. The van der Waals surface area contributed by atoms with E-state index in [4.69, 9.17) is 9.73 Å². The second-order valence-electron chi connectivity index (χ2n) is 7.25. The standard InChI is InChI=1S/C22H30FN5O2.HI/c1-3-24-22(27-14-5-6-17(16-27)21(29)30-4-2)25-13-11-19-12-15-28(26-19)20-9-7-18(23)8-10-20;/h7-10,12,15,17H,3-6,11,13-14,16H2,1-2H3,(H,24,25);1H. The van der Waals surface area contributed by atoms with Gasteiger partial charge >= 0.3 is 5.97 Å². The monoisotopic (exact) mass is 543 g/mol. The topological polar surface area (TPSA) is 71.8 Å². The maximum atomic E-state index is 13.1. The molecule has 1 saturated heterocycles. The van der Waals surface area contributed by atoms with Gasteiger partial charge in [0.05, 0.1) is 23.9 Å². The molecule has 1 aliphatic heterocycles. The Labute approximate surface area is 200 Å². The van der Waals surface area contributed by atoms with Crippen LogP contribution in [0.1, 0.15) is 32.4 Å². The van der Waals surface area contributed by atoms with Gasteiger partial charge in [-0.25, -0.2) is 9.07 Å². The van der Waals surface area contributed by atoms with E-state index in [9.17, 15) is 9.18 Å². The van der Waals surface area contributed by atoms with Crippen LogP contribution in [0.5, 0.6) is 0 Å². The highest BCUT2D eigenvalue weighted by Gasteiger charge is 2.28. The van der Waals surface area contributed by atoms with Gasteiger partial charge in [0.25, 0.3) is 0 Å². The second kappa shape index (κ2) is 12.6. The van der Waals surface area contributed by atoms with E-state index in [0.29, 0.717) is 26.1 Å². The van der Waals surface area contributed by atoms with Crippen LogP contribution in [0.2, 0.25) is 0 Å². The summed E-state index contributed by atoms with van der Waals surface area (Å²) in [6.07, 6.45) is 4.36. The van der Waals surface area contributed by atoms with Crippen molar-refractivity contribution in [2.75, 3.05) is 32.8 Å². The molecule has 31 heavy (non-hydrogen) atoms. The predicted molar refractivity (Wildman–Crippen MR) is 130 cm³/mol. The molecule has 0 saturated carbocycles. The van der Waals surface area contributed by atoms with Crippen molar-refractivity contribution in [3.63, 3.8) is 0 Å². The molecule has 1 N–H and O–H groups in total. The van der Waals surface area contributed by atoms with Crippen LogP contribution < -0.4 is 5.32 Å². The Morgan fingerprint density at radius 2 is 2.06 bits per heavy atom. The number of hydrogen-bond donors (Lipinski definition) is 1. The van der Waals surface area contributed by atoms with Gasteiger partial charge in [-0.3, -0.25) is 9.79 Å². The highest BCUT2D eigenvalue weighted by atomic mass is 127. The fraction of sp³-hybridized carbons (Fsp3) is 0.500. The van der Waals surface area contributed by atoms with E-state index >= 15 is 0 Å². The SMILES string of the molecule is CCNC(=NCCc1ccn(-c2ccc(F)cc2)n1)N1CCCC(C(=O)OCC)C1.I. The number of halogens is 2. The van der Waals surface area contributed by atoms with Gasteiger partial charge in [0.15, 0.2) is 5.96 Å². The van der Waals surface area contributed by atoms with E-state index in [2.05, 4.69) is 15.3 Å². The zero-order chi connectivity index (χ0) is 21.3. The smallest absolute Gasteiger partial charge is 0.310 e. The lowest BCUT2D eigenvalue weighted by molar-refractivity contribution is -0.149. The quantitative estimate of drug-likeness (QED) is 0.251. The summed E-state index contributed by atoms with van der Waals surface area (Å²) >= 11 is 0. The Morgan fingerprint density at radius 1 is 1.29 bits per heavy atom. The Morgan fingerprint density at radius 3 is 2.77 bits per heavy atom. The predicted octanol–water partition coefficient (Wildman–Crippen LogP) is 3.41. The molecule has 170 valence electrons. The summed E-state index contributed by atoms with van der Waals surface area (Å²) in [6, 6.07) is 8.19. The maximum Gasteiger partial charge on any atom is 0.310 e. The molecule has 1 atom stereocenters. The molecule has 0 aliphatic carbocycles. The van der Waals surface area contributed by atoms with Crippen LogP contribution in [0, 0.1) is 11.7 Å². The number of carbonyl (C=O) groups is 1. The summed E-state index contributed by atoms with van der Waals surface area (Å²) in [5.74, 6) is 0.335. The van der Waals surface area contributed by atoms with Gasteiger partial charge in [0, 0.05) is 38.8 Å². The summed E-state index contributed by atoms with van der Waals surface area (Å²) in [5, 5.41) is 7.88. The number of nitrogens with one attached hydrogen (secondary N) is 1. The van der Waals surface area contributed by atoms with E-state index in [1.54, 1.807) is 16.8 Å². The first-order valence-corrected chi connectivity index (χ1v) is 10.6. The first kappa shape index (κ1) is 25.1. The minimum Gasteiger partial charge on any atom is -0.466 e. The number of rotatable bonds is 7. The van der Waals surface area contributed by atoms with Crippen molar-refractivity contribution in [3.8, 4) is 5.69 Å². The molecule has 1 aromatic carbocycles. The van der Waals surface area contributed by atoms with E-state index in [1.165, 1.54) is 12.1 Å². The van der Waals surface area contributed by atoms with Crippen molar-refractivity contribution in [1.82, 2.24) is 20.0 Å². The molecule has 0 spiro atoms. The Bertz CT molecular complexity index is 856. The molecule has 1 fully saturated rings. The van der Waals surface area contributed by atoms with Crippen molar-refractivity contribution in [2.45, 2.75) is 33.1 Å². The maximum absolute atomic E-state index is 13.1. The van der Waals surface area contributed by atoms with Crippen molar-refractivity contribution in [3.05, 3.63) is 48.0 Å². The molecule has 2 aromatic rings. The average Bonchev–Trinajstić information content (AvgIpc) is 3.23. The summed E-state index contributed by atoms with van der Waals surface area (Å²) in [4.78, 5) is 19.0. The minimum atomic E-state index is -0.265. The molecule has 0 radical (unpaired) electrons. The number of aromatic nitrogens is 2. The largest absolute Gasteiger partial charge is 0.466 e. The van der Waals surface area contributed by atoms with Gasteiger partial charge in [-0.05, 0) is 57.0 Å². The van der Waals surface area contributed by atoms with E-state index in [1.807, 2.05) is 26.1 Å². The third-order valence-electron chi connectivity index (χ3n) is 5.04. The lowest BCUT2D eigenvalue weighted by Gasteiger charge is -2.34. The zero-order valence-corrected chi connectivity index (χ0v) is 20.4. The van der Waals surface area contributed by atoms with Crippen molar-refractivity contribution < 1.29 is 13.9 Å². The normalized spacial score (nSPS) is 16.5. The number of ether oxygens (including phenoxy) is 1. The summed E-state index contributed by atoms with van der Waals surface area (Å²) in [6.45, 7) is 7.13. The number of carbonyl (C=O) groups excluding carboxylic acids is 1. The third-order valence-corrected chi connectivity index (χ3v) is 5.04. The number of aliphatic imine (C=N–C) groups is 1. The molecule has 9 heteroatoms. The van der Waals surface area contributed by atoms with Crippen LogP contribution >= 0.6 is 24.0 Å². The van der Waals surface area contributed by atoms with Crippen molar-refractivity contribution >= 4 is 35.9 Å². The highest BCUT2D eigenvalue weighted by molar-refractivity contribution is 14.0. The third kappa shape index (κ3) is 7.19. The number of hydrogen-bond acceptors (Lipinski definition) is 4. The number of piperidine rings is 1. The Kier molecular flexibility index (Phi) is 10.2. The number of nitrogens with zero attached hydrogens (tertiary/aromatic N) is 4. The van der Waals surface area contributed by atoms with E-state index in [0.717, 1.165) is 43.3 Å². The van der Waals surface area contributed by atoms with Crippen molar-refractivity contribution in [2.24, 2.45) is 10.9 Å². The minimum absolute atomic E-state index is 0. The van der Waals surface area contributed by atoms with Gasteiger partial charge in [0.2, 0.25) is 0 Å². The van der Waals surface area contributed by atoms with Crippen LogP contribution in [0.25, 0.3) is 5.69 Å². The molecular weight excluding hydrogens is 512 g/mol. The number of likely N-dealkylation sites (tertiary alicyclic amines) is 1. The number of esters is 1. The second-order valence-corrected chi connectivity index (χ2v) is 7.25. The molecule has 3 rings (SSSR count). The van der Waals surface area contributed by atoms with Gasteiger partial charge in [-0.2, -0.15) is 5.10 Å². The Hall–Kier alpha value is -2.17. The molecule has 1 aliphatic rings.